The van der Waals surface area contributed by atoms with Crippen molar-refractivity contribution in [3.05, 3.63) is 24.0 Å². The van der Waals surface area contributed by atoms with E-state index in [1.165, 1.54) is 12.8 Å². The van der Waals surface area contributed by atoms with Gasteiger partial charge in [0.05, 0.1) is 5.56 Å². The van der Waals surface area contributed by atoms with Crippen LogP contribution >= 0.6 is 0 Å². The number of aromatic nitrogens is 1. The Kier molecular flexibility index (Phi) is 2.74. The zero-order valence-corrected chi connectivity index (χ0v) is 6.75. The molecule has 2 nitrogen and oxygen atoms in total. The Bertz CT molecular complexity index is 255. The van der Waals surface area contributed by atoms with E-state index in [1.807, 2.05) is 18.5 Å². The first kappa shape index (κ1) is 7.87. The van der Waals surface area contributed by atoms with Crippen LogP contribution in [0, 0.1) is 11.3 Å². The van der Waals surface area contributed by atoms with E-state index in [2.05, 4.69) is 17.6 Å². The quantitative estimate of drug-likeness (QED) is 0.645. The van der Waals surface area contributed by atoms with Gasteiger partial charge in [-0.3, -0.25) is 0 Å². The summed E-state index contributed by atoms with van der Waals surface area (Å²) < 4.78 is 2.06. The number of hydrogen-bond donors (Lipinski definition) is 0. The van der Waals surface area contributed by atoms with Crippen LogP contribution in [0.15, 0.2) is 18.5 Å². The second-order valence-electron chi connectivity index (χ2n) is 2.60. The number of nitrogens with zero attached hydrogens (tertiary/aromatic N) is 2. The van der Waals surface area contributed by atoms with Crippen LogP contribution in [0.25, 0.3) is 0 Å². The Morgan fingerprint density at radius 3 is 3.00 bits per heavy atom. The maximum absolute atomic E-state index is 8.51. The van der Waals surface area contributed by atoms with Crippen LogP contribution in [-0.2, 0) is 6.54 Å². The van der Waals surface area contributed by atoms with Crippen molar-refractivity contribution in [2.24, 2.45) is 0 Å². The number of nitriles is 1. The molecule has 0 N–H and O–H groups in total. The first-order chi connectivity index (χ1) is 5.36. The monoisotopic (exact) mass is 148 g/mol. The molecule has 0 amide bonds. The fraction of sp³-hybridized carbons (Fsp3) is 0.444. The summed E-state index contributed by atoms with van der Waals surface area (Å²) in [5.74, 6) is 0. The maximum Gasteiger partial charge on any atom is 0.101 e. The van der Waals surface area contributed by atoms with Crippen molar-refractivity contribution in [2.75, 3.05) is 0 Å². The highest BCUT2D eigenvalue weighted by atomic mass is 14.9. The molecule has 11 heavy (non-hydrogen) atoms. The molecule has 1 heterocycles. The van der Waals surface area contributed by atoms with Crippen LogP contribution in [0.4, 0.5) is 0 Å². The summed E-state index contributed by atoms with van der Waals surface area (Å²) >= 11 is 0. The predicted octanol–water partition coefficient (Wildman–Crippen LogP) is 2.16. The van der Waals surface area contributed by atoms with Gasteiger partial charge in [0.25, 0.3) is 0 Å². The van der Waals surface area contributed by atoms with E-state index in [9.17, 15) is 0 Å². The third-order valence-corrected chi connectivity index (χ3v) is 1.65. The van der Waals surface area contributed by atoms with Gasteiger partial charge in [-0.05, 0) is 12.5 Å². The number of unbranched alkanes of at least 4 members (excludes halogenated alkanes) is 1. The molecular formula is C9H12N2. The predicted molar refractivity (Wildman–Crippen MR) is 44.1 cm³/mol. The van der Waals surface area contributed by atoms with Gasteiger partial charge in [0.2, 0.25) is 0 Å². The molecule has 0 fully saturated rings. The third kappa shape index (κ3) is 2.12. The summed E-state index contributed by atoms with van der Waals surface area (Å²) in [6.07, 6.45) is 6.21. The highest BCUT2D eigenvalue weighted by molar-refractivity contribution is 5.25. The van der Waals surface area contributed by atoms with E-state index in [0.29, 0.717) is 0 Å². The largest absolute Gasteiger partial charge is 0.353 e. The molecule has 0 unspecified atom stereocenters. The highest BCUT2D eigenvalue weighted by Crippen LogP contribution is 2.01. The lowest BCUT2D eigenvalue weighted by Gasteiger charge is -1.97. The minimum Gasteiger partial charge on any atom is -0.353 e. The molecule has 1 aromatic heterocycles. The molecule has 0 saturated carbocycles. The zero-order chi connectivity index (χ0) is 8.10. The molecular weight excluding hydrogens is 136 g/mol. The molecule has 0 aliphatic carbocycles. The second kappa shape index (κ2) is 3.82. The van der Waals surface area contributed by atoms with Crippen molar-refractivity contribution in [2.45, 2.75) is 26.3 Å². The molecule has 0 atom stereocenters. The van der Waals surface area contributed by atoms with Crippen molar-refractivity contribution in [3.63, 3.8) is 0 Å². The fourth-order valence-electron chi connectivity index (χ4n) is 0.987. The Morgan fingerprint density at radius 1 is 1.64 bits per heavy atom. The minimum absolute atomic E-state index is 0.751. The maximum atomic E-state index is 8.51. The third-order valence-electron chi connectivity index (χ3n) is 1.65. The van der Waals surface area contributed by atoms with Crippen LogP contribution in [-0.4, -0.2) is 4.57 Å². The van der Waals surface area contributed by atoms with Crippen molar-refractivity contribution in [3.8, 4) is 6.07 Å². The Hall–Kier alpha value is -1.23. The van der Waals surface area contributed by atoms with Gasteiger partial charge in [0.1, 0.15) is 6.07 Å². The smallest absolute Gasteiger partial charge is 0.101 e. The van der Waals surface area contributed by atoms with Crippen molar-refractivity contribution in [1.82, 2.24) is 4.57 Å². The standard InChI is InChI=1S/C9H12N2/c1-2-3-5-11-6-4-9(7-10)8-11/h4,6,8H,2-3,5H2,1H3. The van der Waals surface area contributed by atoms with Crippen LogP contribution in [0.2, 0.25) is 0 Å². The highest BCUT2D eigenvalue weighted by Gasteiger charge is 1.92. The fourth-order valence-corrected chi connectivity index (χ4v) is 0.987. The van der Waals surface area contributed by atoms with E-state index in [0.717, 1.165) is 12.1 Å². The zero-order valence-electron chi connectivity index (χ0n) is 6.75. The number of rotatable bonds is 3. The van der Waals surface area contributed by atoms with Gasteiger partial charge in [-0.15, -0.1) is 0 Å². The van der Waals surface area contributed by atoms with Gasteiger partial charge in [-0.25, -0.2) is 0 Å². The van der Waals surface area contributed by atoms with Crippen molar-refractivity contribution < 1.29 is 0 Å². The van der Waals surface area contributed by atoms with Crippen LogP contribution in [0.3, 0.4) is 0 Å². The molecule has 2 heteroatoms. The lowest BCUT2D eigenvalue weighted by Crippen LogP contribution is -1.92. The lowest BCUT2D eigenvalue weighted by atomic mass is 10.3. The molecule has 0 aliphatic heterocycles. The summed E-state index contributed by atoms with van der Waals surface area (Å²) in [6, 6.07) is 3.95. The first-order valence-electron chi connectivity index (χ1n) is 3.92. The summed E-state index contributed by atoms with van der Waals surface area (Å²) in [7, 11) is 0. The Labute approximate surface area is 67.1 Å². The van der Waals surface area contributed by atoms with Crippen LogP contribution in [0.1, 0.15) is 25.3 Å². The van der Waals surface area contributed by atoms with Crippen LogP contribution < -0.4 is 0 Å². The first-order valence-corrected chi connectivity index (χ1v) is 3.92. The molecule has 0 aliphatic rings. The normalized spacial score (nSPS) is 9.45. The van der Waals surface area contributed by atoms with Crippen molar-refractivity contribution >= 4 is 0 Å². The van der Waals surface area contributed by atoms with Crippen molar-refractivity contribution in [1.29, 1.82) is 5.26 Å². The van der Waals surface area contributed by atoms with Gasteiger partial charge in [-0.2, -0.15) is 5.26 Å². The van der Waals surface area contributed by atoms with E-state index in [4.69, 9.17) is 5.26 Å². The van der Waals surface area contributed by atoms with Gasteiger partial charge < -0.3 is 4.57 Å². The molecule has 1 aromatic rings. The Balaban J connectivity index is 2.53. The van der Waals surface area contributed by atoms with E-state index in [-0.39, 0.29) is 0 Å². The van der Waals surface area contributed by atoms with Crippen LogP contribution in [0.5, 0.6) is 0 Å². The molecule has 1 rings (SSSR count). The Morgan fingerprint density at radius 2 is 2.45 bits per heavy atom. The lowest BCUT2D eigenvalue weighted by molar-refractivity contribution is 0.634. The minimum atomic E-state index is 0.751. The number of hydrogen-bond acceptors (Lipinski definition) is 1. The molecule has 0 bridgehead atoms. The van der Waals surface area contributed by atoms with E-state index >= 15 is 0 Å². The summed E-state index contributed by atoms with van der Waals surface area (Å²) in [5.41, 5.74) is 0.751. The molecule has 0 spiro atoms. The molecule has 58 valence electrons. The molecule has 0 aromatic carbocycles. The molecule has 0 saturated heterocycles. The average Bonchev–Trinajstić information content (AvgIpc) is 2.48. The van der Waals surface area contributed by atoms with E-state index in [1.54, 1.807) is 0 Å². The van der Waals surface area contributed by atoms with Gasteiger partial charge in [-0.1, -0.05) is 13.3 Å². The second-order valence-corrected chi connectivity index (χ2v) is 2.60. The topological polar surface area (TPSA) is 28.7 Å². The van der Waals surface area contributed by atoms with Gasteiger partial charge >= 0.3 is 0 Å². The summed E-state index contributed by atoms with van der Waals surface area (Å²) in [6.45, 7) is 3.19. The summed E-state index contributed by atoms with van der Waals surface area (Å²) in [5, 5.41) is 8.51. The molecule has 0 radical (unpaired) electrons. The average molecular weight is 148 g/mol. The SMILES string of the molecule is CCCCn1ccc(C#N)c1. The van der Waals surface area contributed by atoms with Gasteiger partial charge in [0, 0.05) is 18.9 Å². The summed E-state index contributed by atoms with van der Waals surface area (Å²) in [4.78, 5) is 0. The number of aryl methyl sites for hydroxylation is 1. The van der Waals surface area contributed by atoms with E-state index < -0.39 is 0 Å². The van der Waals surface area contributed by atoms with Gasteiger partial charge in [0.15, 0.2) is 0 Å².